The molecule has 0 saturated heterocycles. The van der Waals surface area contributed by atoms with Gasteiger partial charge in [0.05, 0.1) is 25.9 Å². The first-order valence-corrected chi connectivity index (χ1v) is 12.3. The number of hydrogen-bond donors (Lipinski definition) is 0. The molecule has 4 nitrogen and oxygen atoms in total. The summed E-state index contributed by atoms with van der Waals surface area (Å²) in [5, 5.41) is 8.28. The number of para-hydroxylation sites is 1. The van der Waals surface area contributed by atoms with Gasteiger partial charge in [-0.2, -0.15) is 10.1 Å². The minimum atomic E-state index is -0.146. The fraction of sp³-hybridized carbons (Fsp3) is 0.0714. The van der Waals surface area contributed by atoms with Crippen LogP contribution in [0.15, 0.2) is 105 Å². The average Bonchev–Trinajstić information content (AvgIpc) is 3.12. The lowest BCUT2D eigenvalue weighted by Gasteiger charge is -2.13. The monoisotopic (exact) mass is 574 g/mol. The van der Waals surface area contributed by atoms with E-state index in [1.54, 1.807) is 0 Å². The number of carbonyl (C=O) groups excluding carboxylic acids is 1. The van der Waals surface area contributed by atoms with E-state index in [9.17, 15) is 4.79 Å². The number of rotatable bonds is 5. The lowest BCUT2D eigenvalue weighted by atomic mass is 10.1. The molecule has 0 radical (unpaired) electrons. The van der Waals surface area contributed by atoms with Crippen LogP contribution in [0.3, 0.4) is 0 Å². The van der Waals surface area contributed by atoms with Crippen LogP contribution in [0.1, 0.15) is 18.1 Å². The maximum Gasteiger partial charge on any atom is 0.280 e. The number of hydrazone groups is 1. The molecule has 6 heteroatoms. The SMILES string of the molecule is CC1=NN(c2ccccc2)C(=O)/C1=C/c1cc(Br)c(OCc2ccc3ccccc3c2)c(Br)c1. The first-order valence-electron chi connectivity index (χ1n) is 10.8. The van der Waals surface area contributed by atoms with Gasteiger partial charge in [0.15, 0.2) is 0 Å². The molecule has 0 bridgehead atoms. The molecule has 4 aromatic carbocycles. The van der Waals surface area contributed by atoms with Crippen LogP contribution >= 0.6 is 31.9 Å². The molecule has 4 aromatic rings. The maximum absolute atomic E-state index is 13.0. The fourth-order valence-electron chi connectivity index (χ4n) is 3.88. The third kappa shape index (κ3) is 4.56. The predicted octanol–water partition coefficient (Wildman–Crippen LogP) is 7.75. The Balaban J connectivity index is 1.36. The molecule has 0 aromatic heterocycles. The summed E-state index contributed by atoms with van der Waals surface area (Å²) in [5.74, 6) is 0.567. The van der Waals surface area contributed by atoms with Crippen molar-refractivity contribution in [1.82, 2.24) is 0 Å². The number of hydrogen-bond acceptors (Lipinski definition) is 3. The Hall–Kier alpha value is -3.22. The molecule has 1 aliphatic rings. The molecule has 168 valence electrons. The number of anilines is 1. The molecule has 5 rings (SSSR count). The second-order valence-electron chi connectivity index (χ2n) is 7.98. The van der Waals surface area contributed by atoms with E-state index in [0.29, 0.717) is 23.6 Å². The average molecular weight is 576 g/mol. The second kappa shape index (κ2) is 9.57. The van der Waals surface area contributed by atoms with Crippen LogP contribution in [0.2, 0.25) is 0 Å². The minimum absolute atomic E-state index is 0.146. The van der Waals surface area contributed by atoms with Crippen molar-refractivity contribution in [3.05, 3.63) is 111 Å². The smallest absolute Gasteiger partial charge is 0.280 e. The number of carbonyl (C=O) groups is 1. The summed E-state index contributed by atoms with van der Waals surface area (Å²) in [7, 11) is 0. The van der Waals surface area contributed by atoms with Gasteiger partial charge in [0.1, 0.15) is 12.4 Å². The summed E-state index contributed by atoms with van der Waals surface area (Å²) in [6.07, 6.45) is 1.85. The third-order valence-corrected chi connectivity index (χ3v) is 6.77. The highest BCUT2D eigenvalue weighted by Crippen LogP contribution is 2.36. The van der Waals surface area contributed by atoms with Crippen molar-refractivity contribution in [2.75, 3.05) is 5.01 Å². The van der Waals surface area contributed by atoms with E-state index < -0.39 is 0 Å². The van der Waals surface area contributed by atoms with Crippen molar-refractivity contribution in [3.63, 3.8) is 0 Å². The van der Waals surface area contributed by atoms with Crippen LogP contribution in [-0.2, 0) is 11.4 Å². The Bertz CT molecular complexity index is 1440. The van der Waals surface area contributed by atoms with E-state index in [1.165, 1.54) is 15.8 Å². The van der Waals surface area contributed by atoms with E-state index in [0.717, 1.165) is 25.8 Å². The van der Waals surface area contributed by atoms with Gasteiger partial charge in [-0.3, -0.25) is 4.79 Å². The highest BCUT2D eigenvalue weighted by molar-refractivity contribution is 9.11. The molecule has 0 aliphatic carbocycles. The molecule has 0 atom stereocenters. The highest BCUT2D eigenvalue weighted by Gasteiger charge is 2.28. The fourth-order valence-corrected chi connectivity index (χ4v) is 5.33. The Kier molecular flexibility index (Phi) is 6.35. The lowest BCUT2D eigenvalue weighted by Crippen LogP contribution is -2.21. The summed E-state index contributed by atoms with van der Waals surface area (Å²) in [5.41, 5.74) is 3.94. The summed E-state index contributed by atoms with van der Waals surface area (Å²) >= 11 is 7.26. The van der Waals surface area contributed by atoms with Crippen molar-refractivity contribution in [3.8, 4) is 5.75 Å². The van der Waals surface area contributed by atoms with Gasteiger partial charge in [0, 0.05) is 0 Å². The number of benzene rings is 4. The van der Waals surface area contributed by atoms with Crippen molar-refractivity contribution in [2.45, 2.75) is 13.5 Å². The number of halogens is 2. The quantitative estimate of drug-likeness (QED) is 0.228. The van der Waals surface area contributed by atoms with Crippen molar-refractivity contribution in [1.29, 1.82) is 0 Å². The molecule has 0 fully saturated rings. The molecular formula is C28H20Br2N2O2. The Morgan fingerprint density at radius 2 is 1.56 bits per heavy atom. The molecular weight excluding hydrogens is 556 g/mol. The number of fused-ring (bicyclic) bond motifs is 1. The second-order valence-corrected chi connectivity index (χ2v) is 9.69. The van der Waals surface area contributed by atoms with E-state index in [1.807, 2.05) is 67.6 Å². The minimum Gasteiger partial charge on any atom is -0.487 e. The van der Waals surface area contributed by atoms with E-state index >= 15 is 0 Å². The molecule has 1 amide bonds. The molecule has 34 heavy (non-hydrogen) atoms. The predicted molar refractivity (Wildman–Crippen MR) is 145 cm³/mol. The Morgan fingerprint density at radius 3 is 2.29 bits per heavy atom. The molecule has 1 heterocycles. The zero-order valence-corrected chi connectivity index (χ0v) is 21.5. The number of ether oxygens (including phenoxy) is 1. The van der Waals surface area contributed by atoms with Gasteiger partial charge in [-0.1, -0.05) is 54.6 Å². The van der Waals surface area contributed by atoms with Gasteiger partial charge in [-0.25, -0.2) is 0 Å². The van der Waals surface area contributed by atoms with Crippen molar-refractivity contribution < 1.29 is 9.53 Å². The Labute approximate surface area is 214 Å². The van der Waals surface area contributed by atoms with Gasteiger partial charge >= 0.3 is 0 Å². The highest BCUT2D eigenvalue weighted by atomic mass is 79.9. The van der Waals surface area contributed by atoms with Gasteiger partial charge in [0.25, 0.3) is 5.91 Å². The molecule has 0 spiro atoms. The van der Waals surface area contributed by atoms with Crippen LogP contribution in [0.4, 0.5) is 5.69 Å². The van der Waals surface area contributed by atoms with Crippen LogP contribution in [-0.4, -0.2) is 11.6 Å². The van der Waals surface area contributed by atoms with E-state index in [2.05, 4.69) is 67.3 Å². The lowest BCUT2D eigenvalue weighted by molar-refractivity contribution is -0.114. The van der Waals surface area contributed by atoms with Crippen molar-refractivity contribution in [2.24, 2.45) is 5.10 Å². The van der Waals surface area contributed by atoms with Gasteiger partial charge in [0.2, 0.25) is 0 Å². The van der Waals surface area contributed by atoms with E-state index in [4.69, 9.17) is 4.74 Å². The summed E-state index contributed by atoms with van der Waals surface area (Å²) in [6.45, 7) is 2.29. The van der Waals surface area contributed by atoms with Gasteiger partial charge in [-0.15, -0.1) is 0 Å². The van der Waals surface area contributed by atoms with Crippen LogP contribution < -0.4 is 9.75 Å². The third-order valence-electron chi connectivity index (χ3n) is 5.59. The summed E-state index contributed by atoms with van der Waals surface area (Å²) in [4.78, 5) is 13.0. The first-order chi connectivity index (χ1) is 16.5. The van der Waals surface area contributed by atoms with Crippen LogP contribution in [0.5, 0.6) is 5.75 Å². The van der Waals surface area contributed by atoms with Gasteiger partial charge < -0.3 is 4.74 Å². The molecule has 0 unspecified atom stereocenters. The van der Waals surface area contributed by atoms with Crippen LogP contribution in [0, 0.1) is 0 Å². The van der Waals surface area contributed by atoms with Crippen molar-refractivity contribution >= 4 is 66.0 Å². The van der Waals surface area contributed by atoms with Gasteiger partial charge in [-0.05, 0) is 97.1 Å². The maximum atomic E-state index is 13.0. The standard InChI is InChI=1S/C28H20Br2N2O2/c1-18-24(28(33)32(31-18)23-9-3-2-4-10-23)14-20-15-25(29)27(26(30)16-20)34-17-19-11-12-21-7-5-6-8-22(21)13-19/h2-16H,17H2,1H3/b24-14+. The number of amides is 1. The zero-order valence-electron chi connectivity index (χ0n) is 18.3. The summed E-state index contributed by atoms with van der Waals surface area (Å²) in [6, 6.07) is 27.9. The molecule has 0 saturated carbocycles. The largest absolute Gasteiger partial charge is 0.487 e. The zero-order chi connectivity index (χ0) is 23.7. The molecule has 0 N–H and O–H groups in total. The topological polar surface area (TPSA) is 41.9 Å². The Morgan fingerprint density at radius 1 is 0.882 bits per heavy atom. The normalized spacial score (nSPS) is 14.7. The van der Waals surface area contributed by atoms with Crippen LogP contribution in [0.25, 0.3) is 16.8 Å². The first kappa shape index (κ1) is 22.6. The van der Waals surface area contributed by atoms with E-state index in [-0.39, 0.29) is 5.91 Å². The molecule has 1 aliphatic heterocycles. The summed E-state index contributed by atoms with van der Waals surface area (Å²) < 4.78 is 7.73. The number of nitrogens with zero attached hydrogens (tertiary/aromatic N) is 2.